The lowest BCUT2D eigenvalue weighted by molar-refractivity contribution is 0.589. The third kappa shape index (κ3) is 1.62. The van der Waals surface area contributed by atoms with E-state index in [1.807, 2.05) is 13.1 Å². The van der Waals surface area contributed by atoms with Gasteiger partial charge in [0.2, 0.25) is 0 Å². The smallest absolute Gasteiger partial charge is 0.113 e. The first-order valence-corrected chi connectivity index (χ1v) is 4.61. The number of aromatic nitrogens is 1. The van der Waals surface area contributed by atoms with Crippen molar-refractivity contribution in [2.45, 2.75) is 26.2 Å². The summed E-state index contributed by atoms with van der Waals surface area (Å²) in [4.78, 5) is 0. The van der Waals surface area contributed by atoms with Crippen molar-refractivity contribution in [2.24, 2.45) is 7.05 Å². The van der Waals surface area contributed by atoms with E-state index in [9.17, 15) is 0 Å². The average molecular weight is 206 g/mol. The minimum absolute atomic E-state index is 0.0575. The van der Waals surface area contributed by atoms with Gasteiger partial charge < -0.3 is 4.57 Å². The molecule has 1 rings (SSSR count). The van der Waals surface area contributed by atoms with Crippen molar-refractivity contribution < 1.29 is 0 Å². The summed E-state index contributed by atoms with van der Waals surface area (Å²) in [7, 11) is 1.86. The fourth-order valence-electron chi connectivity index (χ4n) is 1.08. The molecule has 0 aliphatic carbocycles. The number of hydrogen-bond donors (Lipinski definition) is 0. The Balaban J connectivity index is 3.28. The summed E-state index contributed by atoms with van der Waals surface area (Å²) < 4.78 is 1.78. The Labute approximate surface area is 83.3 Å². The van der Waals surface area contributed by atoms with Crippen LogP contribution in [0.5, 0.6) is 0 Å². The highest BCUT2D eigenvalue weighted by atomic mass is 35.5. The fourth-order valence-corrected chi connectivity index (χ4v) is 1.74. The monoisotopic (exact) mass is 205 g/mol. The van der Waals surface area contributed by atoms with Gasteiger partial charge in [0, 0.05) is 7.05 Å². The minimum Gasteiger partial charge on any atom is -0.326 e. The molecule has 0 fully saturated rings. The maximum atomic E-state index is 6.08. The number of rotatable bonds is 0. The van der Waals surface area contributed by atoms with Gasteiger partial charge in [-0.25, -0.2) is 0 Å². The van der Waals surface area contributed by atoms with E-state index in [2.05, 4.69) is 20.8 Å². The number of nitrogens with zero attached hydrogens (tertiary/aromatic N) is 1. The third-order valence-electron chi connectivity index (χ3n) is 1.91. The van der Waals surface area contributed by atoms with Gasteiger partial charge in [-0.1, -0.05) is 44.0 Å². The predicted molar refractivity (Wildman–Crippen MR) is 54.1 cm³/mol. The Hall–Kier alpha value is -0.140. The maximum absolute atomic E-state index is 6.08. The summed E-state index contributed by atoms with van der Waals surface area (Å²) in [6.45, 7) is 6.35. The summed E-state index contributed by atoms with van der Waals surface area (Å²) in [6, 6.07) is 1.92. The van der Waals surface area contributed by atoms with Crippen LogP contribution in [0.1, 0.15) is 26.3 Å². The van der Waals surface area contributed by atoms with Crippen LogP contribution >= 0.6 is 23.2 Å². The van der Waals surface area contributed by atoms with Crippen LogP contribution in [0.3, 0.4) is 0 Å². The maximum Gasteiger partial charge on any atom is 0.113 e. The zero-order valence-corrected chi connectivity index (χ0v) is 9.29. The van der Waals surface area contributed by atoms with E-state index in [1.54, 1.807) is 4.57 Å². The predicted octanol–water partition coefficient (Wildman–Crippen LogP) is 3.63. The van der Waals surface area contributed by atoms with Crippen molar-refractivity contribution >= 4 is 23.2 Å². The van der Waals surface area contributed by atoms with Crippen LogP contribution in [0, 0.1) is 0 Å². The Morgan fingerprint density at radius 2 is 1.75 bits per heavy atom. The molecule has 0 atom stereocenters. The lowest BCUT2D eigenvalue weighted by Gasteiger charge is -2.17. The Morgan fingerprint density at radius 3 is 1.92 bits per heavy atom. The van der Waals surface area contributed by atoms with Gasteiger partial charge in [0.15, 0.2) is 0 Å². The minimum atomic E-state index is 0.0575. The van der Waals surface area contributed by atoms with Crippen molar-refractivity contribution in [3.05, 3.63) is 21.9 Å². The molecule has 0 aliphatic rings. The second-order valence-electron chi connectivity index (χ2n) is 3.98. The van der Waals surface area contributed by atoms with Gasteiger partial charge in [-0.3, -0.25) is 0 Å². The van der Waals surface area contributed by atoms with Gasteiger partial charge in [-0.15, -0.1) is 0 Å². The molecule has 1 aromatic rings. The van der Waals surface area contributed by atoms with Crippen LogP contribution in [0.15, 0.2) is 6.07 Å². The van der Waals surface area contributed by atoms with E-state index >= 15 is 0 Å². The molecular formula is C9H13Cl2N. The van der Waals surface area contributed by atoms with E-state index in [0.717, 1.165) is 10.7 Å². The first-order chi connectivity index (χ1) is 5.34. The standard InChI is InChI=1S/C9H13Cl2N/c1-9(2,3)6-5-7(10)12(4)8(6)11/h5H,1-4H3. The van der Waals surface area contributed by atoms with Crippen molar-refractivity contribution in [2.75, 3.05) is 0 Å². The van der Waals surface area contributed by atoms with Crippen LogP contribution in [-0.4, -0.2) is 4.57 Å². The molecule has 0 saturated carbocycles. The molecular weight excluding hydrogens is 193 g/mol. The van der Waals surface area contributed by atoms with Crippen LogP contribution in [0.2, 0.25) is 10.3 Å². The molecule has 1 nitrogen and oxygen atoms in total. The van der Waals surface area contributed by atoms with Crippen molar-refractivity contribution in [1.82, 2.24) is 4.57 Å². The molecule has 68 valence electrons. The molecule has 0 spiro atoms. The molecule has 0 radical (unpaired) electrons. The van der Waals surface area contributed by atoms with Crippen LogP contribution in [0.25, 0.3) is 0 Å². The molecule has 0 aliphatic heterocycles. The molecule has 0 bridgehead atoms. The van der Waals surface area contributed by atoms with E-state index in [4.69, 9.17) is 23.2 Å². The fraction of sp³-hybridized carbons (Fsp3) is 0.556. The highest BCUT2D eigenvalue weighted by Crippen LogP contribution is 2.33. The van der Waals surface area contributed by atoms with Gasteiger partial charge in [0.25, 0.3) is 0 Å². The van der Waals surface area contributed by atoms with Crippen LogP contribution in [0.4, 0.5) is 0 Å². The van der Waals surface area contributed by atoms with E-state index < -0.39 is 0 Å². The van der Waals surface area contributed by atoms with E-state index in [-0.39, 0.29) is 5.41 Å². The van der Waals surface area contributed by atoms with Gasteiger partial charge in [-0.05, 0) is 17.0 Å². The highest BCUT2D eigenvalue weighted by Gasteiger charge is 2.21. The molecule has 0 unspecified atom stereocenters. The first kappa shape index (κ1) is 9.94. The number of halogens is 2. The van der Waals surface area contributed by atoms with Gasteiger partial charge in [0.05, 0.1) is 0 Å². The van der Waals surface area contributed by atoms with Crippen molar-refractivity contribution in [3.8, 4) is 0 Å². The lowest BCUT2D eigenvalue weighted by atomic mass is 9.89. The molecule has 0 N–H and O–H groups in total. The van der Waals surface area contributed by atoms with E-state index in [1.165, 1.54) is 0 Å². The quantitative estimate of drug-likeness (QED) is 0.610. The van der Waals surface area contributed by atoms with Crippen LogP contribution in [-0.2, 0) is 12.5 Å². The van der Waals surface area contributed by atoms with Crippen molar-refractivity contribution in [3.63, 3.8) is 0 Å². The summed E-state index contributed by atoms with van der Waals surface area (Å²) >= 11 is 12.0. The summed E-state index contributed by atoms with van der Waals surface area (Å²) in [5, 5.41) is 1.41. The molecule has 1 aromatic heterocycles. The van der Waals surface area contributed by atoms with Crippen LogP contribution < -0.4 is 0 Å². The Morgan fingerprint density at radius 1 is 1.25 bits per heavy atom. The number of hydrogen-bond acceptors (Lipinski definition) is 0. The second-order valence-corrected chi connectivity index (χ2v) is 4.73. The first-order valence-electron chi connectivity index (χ1n) is 3.85. The topological polar surface area (TPSA) is 4.93 Å². The van der Waals surface area contributed by atoms with E-state index in [0.29, 0.717) is 5.15 Å². The zero-order valence-electron chi connectivity index (χ0n) is 7.78. The average Bonchev–Trinajstić information content (AvgIpc) is 2.15. The lowest BCUT2D eigenvalue weighted by Crippen LogP contribution is -2.10. The third-order valence-corrected chi connectivity index (χ3v) is 2.73. The molecule has 3 heteroatoms. The second kappa shape index (κ2) is 2.97. The highest BCUT2D eigenvalue weighted by molar-refractivity contribution is 6.34. The molecule has 0 aromatic carbocycles. The summed E-state index contributed by atoms with van der Waals surface area (Å²) in [5.74, 6) is 0. The van der Waals surface area contributed by atoms with Crippen molar-refractivity contribution in [1.29, 1.82) is 0 Å². The molecule has 1 heterocycles. The molecule has 0 amide bonds. The normalized spacial score (nSPS) is 12.2. The Kier molecular flexibility index (Phi) is 2.46. The zero-order chi connectivity index (χ0) is 9.52. The largest absolute Gasteiger partial charge is 0.326 e. The van der Waals surface area contributed by atoms with Gasteiger partial charge in [-0.2, -0.15) is 0 Å². The summed E-state index contributed by atoms with van der Waals surface area (Å²) in [5.41, 5.74) is 1.15. The molecule has 0 saturated heterocycles. The van der Waals surface area contributed by atoms with Gasteiger partial charge >= 0.3 is 0 Å². The summed E-state index contributed by atoms with van der Waals surface area (Å²) in [6.07, 6.45) is 0. The SMILES string of the molecule is Cn1c(Cl)cc(C(C)(C)C)c1Cl. The van der Waals surface area contributed by atoms with Gasteiger partial charge in [0.1, 0.15) is 10.3 Å². The molecule has 12 heavy (non-hydrogen) atoms. The Bertz CT molecular complexity index is 294.